The normalized spacial score (nSPS) is 16.7. The number of hydrogen-bond donors (Lipinski definition) is 1. The summed E-state index contributed by atoms with van der Waals surface area (Å²) in [7, 11) is 1.69. The second-order valence-electron chi connectivity index (χ2n) is 6.14. The van der Waals surface area contributed by atoms with E-state index in [1.165, 1.54) is 0 Å². The van der Waals surface area contributed by atoms with Gasteiger partial charge < -0.3 is 14.7 Å². The Morgan fingerprint density at radius 1 is 1.08 bits per heavy atom. The van der Waals surface area contributed by atoms with Crippen molar-refractivity contribution in [1.29, 1.82) is 0 Å². The highest BCUT2D eigenvalue weighted by Gasteiger charge is 2.22. The number of para-hydroxylation sites is 2. The predicted molar refractivity (Wildman–Crippen MR) is 103 cm³/mol. The molecule has 0 radical (unpaired) electrons. The lowest BCUT2D eigenvalue weighted by Gasteiger charge is -2.37. The van der Waals surface area contributed by atoms with E-state index in [9.17, 15) is 5.11 Å². The van der Waals surface area contributed by atoms with Gasteiger partial charge >= 0.3 is 0 Å². The molecule has 1 fully saturated rings. The van der Waals surface area contributed by atoms with Crippen LogP contribution in [-0.4, -0.2) is 49.8 Å². The Bertz CT molecular complexity index is 718. The first-order chi connectivity index (χ1) is 12.1. The molecule has 6 heteroatoms. The Morgan fingerprint density at radius 3 is 2.52 bits per heavy atom. The van der Waals surface area contributed by atoms with Gasteiger partial charge in [0.25, 0.3) is 0 Å². The number of anilines is 1. The molecule has 1 saturated heterocycles. The number of benzene rings is 2. The van der Waals surface area contributed by atoms with Gasteiger partial charge in [-0.2, -0.15) is 0 Å². The van der Waals surface area contributed by atoms with Crippen molar-refractivity contribution in [2.45, 2.75) is 6.10 Å². The molecular formula is C19H22Cl2N2O2. The number of aliphatic hydroxyl groups excluding tert-OH is 1. The summed E-state index contributed by atoms with van der Waals surface area (Å²) in [4.78, 5) is 4.56. The zero-order valence-corrected chi connectivity index (χ0v) is 15.7. The van der Waals surface area contributed by atoms with Crippen LogP contribution in [0.4, 0.5) is 5.69 Å². The molecule has 2 aromatic rings. The highest BCUT2D eigenvalue weighted by molar-refractivity contribution is 6.33. The van der Waals surface area contributed by atoms with Crippen LogP contribution in [0.25, 0.3) is 0 Å². The van der Waals surface area contributed by atoms with Crippen LogP contribution >= 0.6 is 23.2 Å². The second-order valence-corrected chi connectivity index (χ2v) is 6.98. The van der Waals surface area contributed by atoms with Crippen molar-refractivity contribution < 1.29 is 9.84 Å². The van der Waals surface area contributed by atoms with Gasteiger partial charge in [-0.05, 0) is 30.3 Å². The molecule has 1 N–H and O–H groups in total. The van der Waals surface area contributed by atoms with Crippen LogP contribution in [0.3, 0.4) is 0 Å². The van der Waals surface area contributed by atoms with E-state index in [0.29, 0.717) is 22.2 Å². The van der Waals surface area contributed by atoms with Crippen molar-refractivity contribution in [3.05, 3.63) is 58.1 Å². The summed E-state index contributed by atoms with van der Waals surface area (Å²) >= 11 is 12.2. The van der Waals surface area contributed by atoms with Crippen LogP contribution in [0.15, 0.2) is 42.5 Å². The molecule has 0 saturated carbocycles. The van der Waals surface area contributed by atoms with E-state index in [4.69, 9.17) is 27.9 Å². The second kappa shape index (κ2) is 8.28. The number of nitrogens with zero attached hydrogens (tertiary/aromatic N) is 2. The van der Waals surface area contributed by atoms with Crippen molar-refractivity contribution in [3.63, 3.8) is 0 Å². The Hall–Kier alpha value is -1.46. The zero-order valence-electron chi connectivity index (χ0n) is 14.2. The lowest BCUT2D eigenvalue weighted by Crippen LogP contribution is -2.47. The van der Waals surface area contributed by atoms with Gasteiger partial charge in [0, 0.05) is 48.3 Å². The minimum absolute atomic E-state index is 0.541. The molecule has 2 aromatic carbocycles. The molecule has 0 amide bonds. The number of halogens is 2. The van der Waals surface area contributed by atoms with Crippen LogP contribution in [-0.2, 0) is 0 Å². The molecule has 0 aromatic heterocycles. The molecule has 1 atom stereocenters. The van der Waals surface area contributed by atoms with Crippen LogP contribution < -0.4 is 9.64 Å². The number of aliphatic hydroxyl groups is 1. The maximum atomic E-state index is 10.5. The number of hydrogen-bond acceptors (Lipinski definition) is 4. The molecule has 4 nitrogen and oxygen atoms in total. The lowest BCUT2D eigenvalue weighted by molar-refractivity contribution is 0.109. The van der Waals surface area contributed by atoms with Gasteiger partial charge in [0.05, 0.1) is 18.9 Å². The van der Waals surface area contributed by atoms with Crippen molar-refractivity contribution in [1.82, 2.24) is 4.90 Å². The summed E-state index contributed by atoms with van der Waals surface area (Å²) in [5.74, 6) is 0.890. The third-order valence-electron chi connectivity index (χ3n) is 4.55. The highest BCUT2D eigenvalue weighted by Crippen LogP contribution is 2.30. The Labute approximate surface area is 158 Å². The SMILES string of the molecule is COc1ccccc1N1CCN(CC(O)c2cc(Cl)ccc2Cl)CC1. The van der Waals surface area contributed by atoms with E-state index in [0.717, 1.165) is 37.6 Å². The van der Waals surface area contributed by atoms with Crippen molar-refractivity contribution in [2.75, 3.05) is 44.7 Å². The van der Waals surface area contributed by atoms with Crippen molar-refractivity contribution in [2.24, 2.45) is 0 Å². The largest absolute Gasteiger partial charge is 0.495 e. The average molecular weight is 381 g/mol. The molecule has 3 rings (SSSR count). The van der Waals surface area contributed by atoms with Gasteiger partial charge in [0.1, 0.15) is 5.75 Å². The Morgan fingerprint density at radius 2 is 1.80 bits per heavy atom. The zero-order chi connectivity index (χ0) is 17.8. The fraction of sp³-hybridized carbons (Fsp3) is 0.368. The fourth-order valence-corrected chi connectivity index (χ4v) is 3.60. The van der Waals surface area contributed by atoms with E-state index < -0.39 is 6.10 Å². The van der Waals surface area contributed by atoms with Crippen molar-refractivity contribution >= 4 is 28.9 Å². The standard InChI is InChI=1S/C19H22Cl2N2O2/c1-25-19-5-3-2-4-17(19)23-10-8-22(9-11-23)13-18(24)15-12-14(20)6-7-16(15)21/h2-7,12,18,24H,8-11,13H2,1H3. The van der Waals surface area contributed by atoms with Crippen molar-refractivity contribution in [3.8, 4) is 5.75 Å². The maximum absolute atomic E-state index is 10.5. The van der Waals surface area contributed by atoms with E-state index in [1.807, 2.05) is 18.2 Å². The molecule has 134 valence electrons. The number of methoxy groups -OCH3 is 1. The third kappa shape index (κ3) is 4.39. The van der Waals surface area contributed by atoms with E-state index in [2.05, 4.69) is 15.9 Å². The summed E-state index contributed by atoms with van der Waals surface area (Å²) in [6.45, 7) is 4.05. The summed E-state index contributed by atoms with van der Waals surface area (Å²) in [6, 6.07) is 13.2. The molecule has 1 heterocycles. The van der Waals surface area contributed by atoms with Gasteiger partial charge in [-0.15, -0.1) is 0 Å². The smallest absolute Gasteiger partial charge is 0.142 e. The Kier molecular flexibility index (Phi) is 6.07. The first-order valence-electron chi connectivity index (χ1n) is 8.32. The molecular weight excluding hydrogens is 359 g/mol. The molecule has 1 aliphatic rings. The van der Waals surface area contributed by atoms with Gasteiger partial charge in [-0.1, -0.05) is 35.3 Å². The van der Waals surface area contributed by atoms with Crippen LogP contribution in [0, 0.1) is 0 Å². The minimum Gasteiger partial charge on any atom is -0.495 e. The molecule has 0 aliphatic carbocycles. The van der Waals surface area contributed by atoms with Crippen LogP contribution in [0.5, 0.6) is 5.75 Å². The monoisotopic (exact) mass is 380 g/mol. The molecule has 0 bridgehead atoms. The maximum Gasteiger partial charge on any atom is 0.142 e. The molecule has 1 unspecified atom stereocenters. The van der Waals surface area contributed by atoms with Crippen LogP contribution in [0.2, 0.25) is 10.0 Å². The predicted octanol–water partition coefficient (Wildman–Crippen LogP) is 3.86. The van der Waals surface area contributed by atoms with Gasteiger partial charge in [-0.3, -0.25) is 4.90 Å². The van der Waals surface area contributed by atoms with Gasteiger partial charge in [0.15, 0.2) is 0 Å². The summed E-state index contributed by atoms with van der Waals surface area (Å²) in [6.07, 6.45) is -0.649. The number of ether oxygens (including phenoxy) is 1. The number of β-amino-alcohol motifs (C(OH)–C–C–N with tert-alkyl or cyclic N) is 1. The van der Waals surface area contributed by atoms with E-state index in [-0.39, 0.29) is 0 Å². The molecule has 1 aliphatic heterocycles. The highest BCUT2D eigenvalue weighted by atomic mass is 35.5. The van der Waals surface area contributed by atoms with E-state index in [1.54, 1.807) is 25.3 Å². The minimum atomic E-state index is -0.649. The lowest BCUT2D eigenvalue weighted by atomic mass is 10.1. The topological polar surface area (TPSA) is 35.9 Å². The number of rotatable bonds is 5. The molecule has 25 heavy (non-hydrogen) atoms. The quantitative estimate of drug-likeness (QED) is 0.854. The Balaban J connectivity index is 1.60. The van der Waals surface area contributed by atoms with Crippen LogP contribution in [0.1, 0.15) is 11.7 Å². The van der Waals surface area contributed by atoms with E-state index >= 15 is 0 Å². The third-order valence-corrected chi connectivity index (χ3v) is 5.13. The van der Waals surface area contributed by atoms with Gasteiger partial charge in [-0.25, -0.2) is 0 Å². The summed E-state index contributed by atoms with van der Waals surface area (Å²) < 4.78 is 5.45. The first-order valence-corrected chi connectivity index (χ1v) is 9.07. The fourth-order valence-electron chi connectivity index (χ4n) is 3.18. The number of piperazine rings is 1. The molecule has 0 spiro atoms. The van der Waals surface area contributed by atoms with Gasteiger partial charge in [0.2, 0.25) is 0 Å². The first kappa shape index (κ1) is 18.3. The average Bonchev–Trinajstić information content (AvgIpc) is 2.64. The summed E-state index contributed by atoms with van der Waals surface area (Å²) in [5.41, 5.74) is 1.80. The summed E-state index contributed by atoms with van der Waals surface area (Å²) in [5, 5.41) is 11.7.